The van der Waals surface area contributed by atoms with Crippen LogP contribution in [0.1, 0.15) is 35.8 Å². The summed E-state index contributed by atoms with van der Waals surface area (Å²) in [5, 5.41) is 9.65. The van der Waals surface area contributed by atoms with Crippen LogP contribution in [0.15, 0.2) is 12.3 Å². The Morgan fingerprint density at radius 2 is 2.42 bits per heavy atom. The smallest absolute Gasteiger partial charge is 0.0807 e. The van der Waals surface area contributed by atoms with Gasteiger partial charge < -0.3 is 5.11 Å². The number of aliphatic hydroxyl groups is 1. The van der Waals surface area contributed by atoms with Gasteiger partial charge in [-0.2, -0.15) is 0 Å². The van der Waals surface area contributed by atoms with Gasteiger partial charge in [0.2, 0.25) is 0 Å². The second kappa shape index (κ2) is 2.87. The number of aromatic nitrogens is 1. The van der Waals surface area contributed by atoms with Crippen LogP contribution in [-0.4, -0.2) is 10.1 Å². The van der Waals surface area contributed by atoms with Crippen molar-refractivity contribution in [1.82, 2.24) is 4.98 Å². The second-order valence-corrected chi connectivity index (χ2v) is 3.46. The minimum atomic E-state index is -0.277. The molecule has 0 saturated carbocycles. The Labute approximate surface area is 72.3 Å². The summed E-state index contributed by atoms with van der Waals surface area (Å²) in [7, 11) is 0. The van der Waals surface area contributed by atoms with E-state index in [1.807, 2.05) is 19.2 Å². The molecule has 0 radical (unpaired) electrons. The minimum absolute atomic E-state index is 0.277. The van der Waals surface area contributed by atoms with Gasteiger partial charge in [-0.05, 0) is 31.7 Å². The third kappa shape index (κ3) is 1.23. The first kappa shape index (κ1) is 7.74. The van der Waals surface area contributed by atoms with Crippen molar-refractivity contribution in [3.63, 3.8) is 0 Å². The lowest BCUT2D eigenvalue weighted by Gasteiger charge is -2.20. The molecule has 1 atom stereocenters. The van der Waals surface area contributed by atoms with Gasteiger partial charge in [-0.15, -0.1) is 0 Å². The van der Waals surface area contributed by atoms with Crippen LogP contribution >= 0.6 is 0 Å². The number of nitrogens with zero attached hydrogens (tertiary/aromatic N) is 1. The molecule has 1 aromatic heterocycles. The van der Waals surface area contributed by atoms with Crippen molar-refractivity contribution >= 4 is 0 Å². The van der Waals surface area contributed by atoms with Gasteiger partial charge in [0, 0.05) is 17.5 Å². The molecule has 0 amide bonds. The van der Waals surface area contributed by atoms with E-state index in [0.717, 1.165) is 36.1 Å². The van der Waals surface area contributed by atoms with Crippen LogP contribution in [0.2, 0.25) is 0 Å². The largest absolute Gasteiger partial charge is 0.388 e. The standard InChI is InChI=1S/C10H13NO/c1-7-5-8-9(11-6-7)3-2-4-10(8)12/h5-6,10,12H,2-4H2,1H3. The highest BCUT2D eigenvalue weighted by Gasteiger charge is 2.18. The molecule has 0 bridgehead atoms. The van der Waals surface area contributed by atoms with Crippen molar-refractivity contribution in [2.45, 2.75) is 32.3 Å². The lowest BCUT2D eigenvalue weighted by molar-refractivity contribution is 0.155. The molecule has 0 aromatic carbocycles. The average molecular weight is 163 g/mol. The fourth-order valence-electron chi connectivity index (χ4n) is 1.74. The summed E-state index contributed by atoms with van der Waals surface area (Å²) in [6.07, 6.45) is 4.56. The summed E-state index contributed by atoms with van der Waals surface area (Å²) in [4.78, 5) is 4.31. The molecule has 12 heavy (non-hydrogen) atoms. The average Bonchev–Trinajstić information content (AvgIpc) is 2.07. The first-order valence-corrected chi connectivity index (χ1v) is 4.41. The topological polar surface area (TPSA) is 33.1 Å². The number of hydrogen-bond acceptors (Lipinski definition) is 2. The van der Waals surface area contributed by atoms with Crippen LogP contribution in [0.5, 0.6) is 0 Å². The zero-order chi connectivity index (χ0) is 8.55. The molecule has 1 aliphatic carbocycles. The van der Waals surface area contributed by atoms with Crippen LogP contribution in [0.25, 0.3) is 0 Å². The fraction of sp³-hybridized carbons (Fsp3) is 0.500. The number of hydrogen-bond donors (Lipinski definition) is 1. The molecule has 0 saturated heterocycles. The molecule has 1 aromatic rings. The monoisotopic (exact) mass is 163 g/mol. The van der Waals surface area contributed by atoms with Gasteiger partial charge in [0.05, 0.1) is 6.10 Å². The molecule has 2 nitrogen and oxygen atoms in total. The molecular weight excluding hydrogens is 150 g/mol. The van der Waals surface area contributed by atoms with Crippen LogP contribution < -0.4 is 0 Å². The van der Waals surface area contributed by atoms with Crippen molar-refractivity contribution in [1.29, 1.82) is 0 Å². The molecule has 2 rings (SSSR count). The SMILES string of the molecule is Cc1cnc2c(c1)C(O)CCC2. The number of fused-ring (bicyclic) bond motifs is 1. The maximum atomic E-state index is 9.65. The summed E-state index contributed by atoms with van der Waals surface area (Å²) in [6.45, 7) is 2.01. The maximum absolute atomic E-state index is 9.65. The van der Waals surface area contributed by atoms with Gasteiger partial charge in [-0.25, -0.2) is 0 Å². The molecule has 1 heterocycles. The predicted octanol–water partition coefficient (Wildman–Crippen LogP) is 1.76. The van der Waals surface area contributed by atoms with Crippen molar-refractivity contribution in [3.05, 3.63) is 29.1 Å². The number of rotatable bonds is 0. The molecule has 0 spiro atoms. The summed E-state index contributed by atoms with van der Waals surface area (Å²) < 4.78 is 0. The van der Waals surface area contributed by atoms with E-state index in [0.29, 0.717) is 0 Å². The van der Waals surface area contributed by atoms with Crippen LogP contribution in [0.4, 0.5) is 0 Å². The van der Waals surface area contributed by atoms with E-state index in [2.05, 4.69) is 4.98 Å². The Kier molecular flexibility index (Phi) is 1.85. The molecule has 1 N–H and O–H groups in total. The zero-order valence-electron chi connectivity index (χ0n) is 7.25. The normalized spacial score (nSPS) is 22.0. The molecule has 64 valence electrons. The van der Waals surface area contributed by atoms with E-state index in [1.54, 1.807) is 0 Å². The number of pyridine rings is 1. The number of aliphatic hydroxyl groups excluding tert-OH is 1. The lowest BCUT2D eigenvalue weighted by atomic mass is 9.93. The molecule has 1 unspecified atom stereocenters. The van der Waals surface area contributed by atoms with Crippen LogP contribution in [0.3, 0.4) is 0 Å². The summed E-state index contributed by atoms with van der Waals surface area (Å²) in [5.74, 6) is 0. The van der Waals surface area contributed by atoms with Crippen molar-refractivity contribution in [2.75, 3.05) is 0 Å². The second-order valence-electron chi connectivity index (χ2n) is 3.46. The highest BCUT2D eigenvalue weighted by atomic mass is 16.3. The van der Waals surface area contributed by atoms with Gasteiger partial charge >= 0.3 is 0 Å². The van der Waals surface area contributed by atoms with Gasteiger partial charge in [0.1, 0.15) is 0 Å². The first-order chi connectivity index (χ1) is 5.77. The van der Waals surface area contributed by atoms with E-state index < -0.39 is 0 Å². The molecule has 0 fully saturated rings. The van der Waals surface area contributed by atoms with E-state index in [9.17, 15) is 5.11 Å². The van der Waals surface area contributed by atoms with Gasteiger partial charge in [-0.1, -0.05) is 6.07 Å². The first-order valence-electron chi connectivity index (χ1n) is 4.41. The van der Waals surface area contributed by atoms with Gasteiger partial charge in [-0.3, -0.25) is 4.98 Å². The third-order valence-corrected chi connectivity index (χ3v) is 2.39. The van der Waals surface area contributed by atoms with Crippen LogP contribution in [0, 0.1) is 6.92 Å². The third-order valence-electron chi connectivity index (χ3n) is 2.39. The lowest BCUT2D eigenvalue weighted by Crippen LogP contribution is -2.10. The molecule has 0 aliphatic heterocycles. The zero-order valence-corrected chi connectivity index (χ0v) is 7.25. The van der Waals surface area contributed by atoms with Gasteiger partial charge in [0.25, 0.3) is 0 Å². The molecular formula is C10H13NO. The highest BCUT2D eigenvalue weighted by molar-refractivity contribution is 5.28. The Morgan fingerprint density at radius 1 is 1.58 bits per heavy atom. The highest BCUT2D eigenvalue weighted by Crippen LogP contribution is 2.28. The Hall–Kier alpha value is -0.890. The van der Waals surface area contributed by atoms with E-state index in [4.69, 9.17) is 0 Å². The van der Waals surface area contributed by atoms with E-state index in [1.165, 1.54) is 0 Å². The summed E-state index contributed by atoms with van der Waals surface area (Å²) in [6, 6.07) is 2.05. The van der Waals surface area contributed by atoms with Crippen molar-refractivity contribution in [2.24, 2.45) is 0 Å². The summed E-state index contributed by atoms with van der Waals surface area (Å²) >= 11 is 0. The Morgan fingerprint density at radius 3 is 3.25 bits per heavy atom. The maximum Gasteiger partial charge on any atom is 0.0807 e. The van der Waals surface area contributed by atoms with Crippen molar-refractivity contribution < 1.29 is 5.11 Å². The quantitative estimate of drug-likeness (QED) is 0.632. The van der Waals surface area contributed by atoms with E-state index in [-0.39, 0.29) is 6.10 Å². The number of aryl methyl sites for hydroxylation is 2. The minimum Gasteiger partial charge on any atom is -0.388 e. The van der Waals surface area contributed by atoms with E-state index >= 15 is 0 Å². The Balaban J connectivity index is 2.47. The fourth-order valence-corrected chi connectivity index (χ4v) is 1.74. The van der Waals surface area contributed by atoms with Crippen molar-refractivity contribution in [3.8, 4) is 0 Å². The predicted molar refractivity (Wildman–Crippen MR) is 46.9 cm³/mol. The van der Waals surface area contributed by atoms with Crippen LogP contribution in [-0.2, 0) is 6.42 Å². The molecule has 2 heteroatoms. The molecule has 1 aliphatic rings. The van der Waals surface area contributed by atoms with Gasteiger partial charge in [0.15, 0.2) is 0 Å². The summed E-state index contributed by atoms with van der Waals surface area (Å²) in [5.41, 5.74) is 3.26. The Bertz CT molecular complexity index is 296.